The lowest BCUT2D eigenvalue weighted by Crippen LogP contribution is -2.30. The Balaban J connectivity index is 0.000000400. The standard InChI is InChI=1S/C9H9NO2.C5H12N2O2/c1-7(12)10-9-4-2-8(6-11)3-5-9;6-3-1-2-4(7)5(8)9/h2-6H,1H3,(H,10,12);4H,1-3,6-7H2,(H,8,9)/t;4-/m.0/s1. The monoisotopic (exact) mass is 295 g/mol. The first kappa shape index (κ1) is 18.8. The van der Waals surface area contributed by atoms with Gasteiger partial charge in [-0.25, -0.2) is 0 Å². The van der Waals surface area contributed by atoms with Gasteiger partial charge in [0.15, 0.2) is 0 Å². The van der Waals surface area contributed by atoms with Crippen molar-refractivity contribution < 1.29 is 19.5 Å². The number of aliphatic carboxylic acids is 1. The van der Waals surface area contributed by atoms with Crippen LogP contribution in [0.1, 0.15) is 30.1 Å². The highest BCUT2D eigenvalue weighted by Crippen LogP contribution is 2.07. The molecule has 1 aromatic carbocycles. The van der Waals surface area contributed by atoms with E-state index in [4.69, 9.17) is 16.6 Å². The number of rotatable bonds is 6. The van der Waals surface area contributed by atoms with Crippen LogP contribution in [-0.2, 0) is 9.59 Å². The van der Waals surface area contributed by atoms with E-state index < -0.39 is 12.0 Å². The van der Waals surface area contributed by atoms with Gasteiger partial charge in [0.1, 0.15) is 12.3 Å². The molecule has 1 aromatic rings. The molecule has 0 aromatic heterocycles. The van der Waals surface area contributed by atoms with Crippen molar-refractivity contribution in [3.63, 3.8) is 0 Å². The molecule has 0 radical (unpaired) electrons. The van der Waals surface area contributed by atoms with Crippen LogP contribution < -0.4 is 16.8 Å². The number of hydrogen-bond donors (Lipinski definition) is 4. The summed E-state index contributed by atoms with van der Waals surface area (Å²) in [5.41, 5.74) is 11.6. The molecule has 0 unspecified atom stereocenters. The SMILES string of the molecule is CC(=O)Nc1ccc(C=O)cc1.NCCC[C@H](N)C(=O)O. The molecule has 0 heterocycles. The Morgan fingerprint density at radius 3 is 2.29 bits per heavy atom. The summed E-state index contributed by atoms with van der Waals surface area (Å²) in [6, 6.07) is 5.93. The highest BCUT2D eigenvalue weighted by molar-refractivity contribution is 5.89. The lowest BCUT2D eigenvalue weighted by molar-refractivity contribution is -0.138. The number of carboxylic acids is 1. The van der Waals surface area contributed by atoms with Gasteiger partial charge in [0, 0.05) is 18.2 Å². The minimum absolute atomic E-state index is 0.117. The topological polar surface area (TPSA) is 136 Å². The van der Waals surface area contributed by atoms with Crippen molar-refractivity contribution >= 4 is 23.9 Å². The smallest absolute Gasteiger partial charge is 0.320 e. The van der Waals surface area contributed by atoms with Crippen molar-refractivity contribution in [2.75, 3.05) is 11.9 Å². The number of nitrogens with one attached hydrogen (secondary N) is 1. The Morgan fingerprint density at radius 2 is 1.90 bits per heavy atom. The summed E-state index contributed by atoms with van der Waals surface area (Å²) in [5, 5.41) is 10.8. The van der Waals surface area contributed by atoms with Crippen LogP contribution in [0.4, 0.5) is 5.69 Å². The quantitative estimate of drug-likeness (QED) is 0.567. The summed E-state index contributed by atoms with van der Waals surface area (Å²) in [6.07, 6.45) is 1.90. The summed E-state index contributed by atoms with van der Waals surface area (Å²) in [6.45, 7) is 1.94. The molecule has 6 N–H and O–H groups in total. The van der Waals surface area contributed by atoms with Crippen molar-refractivity contribution in [2.24, 2.45) is 11.5 Å². The van der Waals surface area contributed by atoms with Crippen molar-refractivity contribution in [2.45, 2.75) is 25.8 Å². The Labute approximate surface area is 123 Å². The molecule has 1 amide bonds. The molecule has 0 aliphatic heterocycles. The first-order valence-corrected chi connectivity index (χ1v) is 6.42. The van der Waals surface area contributed by atoms with Crippen molar-refractivity contribution in [1.82, 2.24) is 0 Å². The van der Waals surface area contributed by atoms with Crippen LogP contribution in [0, 0.1) is 0 Å². The van der Waals surface area contributed by atoms with Crippen LogP contribution in [0.5, 0.6) is 0 Å². The summed E-state index contributed by atoms with van der Waals surface area (Å²) >= 11 is 0. The maximum Gasteiger partial charge on any atom is 0.320 e. The van der Waals surface area contributed by atoms with Gasteiger partial charge in [0.05, 0.1) is 0 Å². The average molecular weight is 295 g/mol. The number of carbonyl (C=O) groups excluding carboxylic acids is 2. The van der Waals surface area contributed by atoms with E-state index in [1.807, 2.05) is 0 Å². The van der Waals surface area contributed by atoms with E-state index in [2.05, 4.69) is 5.32 Å². The van der Waals surface area contributed by atoms with Gasteiger partial charge in [-0.15, -0.1) is 0 Å². The lowest BCUT2D eigenvalue weighted by Gasteiger charge is -2.02. The molecule has 116 valence electrons. The second-order valence-electron chi connectivity index (χ2n) is 4.30. The first-order chi connectivity index (χ1) is 9.90. The fourth-order valence-electron chi connectivity index (χ4n) is 1.31. The van der Waals surface area contributed by atoms with Crippen molar-refractivity contribution in [3.8, 4) is 0 Å². The normalized spacial score (nSPS) is 10.8. The van der Waals surface area contributed by atoms with Gasteiger partial charge >= 0.3 is 5.97 Å². The van der Waals surface area contributed by atoms with Crippen molar-refractivity contribution in [1.29, 1.82) is 0 Å². The third kappa shape index (κ3) is 9.31. The largest absolute Gasteiger partial charge is 0.480 e. The first-order valence-electron chi connectivity index (χ1n) is 6.42. The van der Waals surface area contributed by atoms with E-state index in [0.717, 1.165) is 6.29 Å². The predicted octanol–water partition coefficient (Wildman–Crippen LogP) is 0.595. The number of amides is 1. The highest BCUT2D eigenvalue weighted by atomic mass is 16.4. The molecule has 0 aliphatic rings. The van der Waals surface area contributed by atoms with Gasteiger partial charge < -0.3 is 21.9 Å². The number of aldehydes is 1. The van der Waals surface area contributed by atoms with Gasteiger partial charge in [0.25, 0.3) is 0 Å². The molecule has 0 fully saturated rings. The van der Waals surface area contributed by atoms with Crippen LogP contribution in [0.3, 0.4) is 0 Å². The molecule has 21 heavy (non-hydrogen) atoms. The number of benzene rings is 1. The molecular formula is C14H21N3O4. The molecule has 7 heteroatoms. The van der Waals surface area contributed by atoms with E-state index in [-0.39, 0.29) is 5.91 Å². The second-order valence-corrected chi connectivity index (χ2v) is 4.30. The van der Waals surface area contributed by atoms with E-state index in [9.17, 15) is 14.4 Å². The Hall–Kier alpha value is -2.25. The fraction of sp³-hybridized carbons (Fsp3) is 0.357. The number of hydrogen-bond acceptors (Lipinski definition) is 5. The zero-order chi connectivity index (χ0) is 16.3. The molecular weight excluding hydrogens is 274 g/mol. The van der Waals surface area contributed by atoms with E-state index >= 15 is 0 Å². The fourth-order valence-corrected chi connectivity index (χ4v) is 1.31. The molecule has 0 spiro atoms. The minimum Gasteiger partial charge on any atom is -0.480 e. The van der Waals surface area contributed by atoms with Crippen LogP contribution in [0.25, 0.3) is 0 Å². The Bertz CT molecular complexity index is 460. The molecule has 1 atom stereocenters. The van der Waals surface area contributed by atoms with Crippen LogP contribution in [0.15, 0.2) is 24.3 Å². The van der Waals surface area contributed by atoms with Gasteiger partial charge in [-0.05, 0) is 43.7 Å². The maximum atomic E-state index is 10.6. The van der Waals surface area contributed by atoms with E-state index in [1.54, 1.807) is 24.3 Å². The van der Waals surface area contributed by atoms with Gasteiger partial charge in [-0.1, -0.05) is 0 Å². The van der Waals surface area contributed by atoms with E-state index in [0.29, 0.717) is 30.6 Å². The van der Waals surface area contributed by atoms with Crippen LogP contribution in [0.2, 0.25) is 0 Å². The molecule has 0 bridgehead atoms. The summed E-state index contributed by atoms with van der Waals surface area (Å²) in [5.74, 6) is -1.07. The molecule has 0 aliphatic carbocycles. The zero-order valence-electron chi connectivity index (χ0n) is 11.9. The molecule has 1 rings (SSSR count). The third-order valence-corrected chi connectivity index (χ3v) is 2.40. The molecule has 0 saturated carbocycles. The lowest BCUT2D eigenvalue weighted by atomic mass is 10.2. The van der Waals surface area contributed by atoms with Gasteiger partial charge in [-0.2, -0.15) is 0 Å². The summed E-state index contributed by atoms with van der Waals surface area (Å²) in [7, 11) is 0. The number of nitrogens with two attached hydrogens (primary N) is 2. The molecule has 7 nitrogen and oxygen atoms in total. The summed E-state index contributed by atoms with van der Waals surface area (Å²) < 4.78 is 0. The minimum atomic E-state index is -0.955. The Morgan fingerprint density at radius 1 is 1.33 bits per heavy atom. The number of carbonyl (C=O) groups is 3. The average Bonchev–Trinajstić information content (AvgIpc) is 2.45. The van der Waals surface area contributed by atoms with Gasteiger partial charge in [-0.3, -0.25) is 14.4 Å². The van der Waals surface area contributed by atoms with Crippen molar-refractivity contribution in [3.05, 3.63) is 29.8 Å². The number of anilines is 1. The zero-order valence-corrected chi connectivity index (χ0v) is 11.9. The summed E-state index contributed by atoms with van der Waals surface area (Å²) in [4.78, 5) is 30.9. The highest BCUT2D eigenvalue weighted by Gasteiger charge is 2.08. The van der Waals surface area contributed by atoms with Crippen LogP contribution >= 0.6 is 0 Å². The Kier molecular flexibility index (Phi) is 9.40. The van der Waals surface area contributed by atoms with E-state index in [1.165, 1.54) is 6.92 Å². The third-order valence-electron chi connectivity index (χ3n) is 2.40. The number of carboxylic acid groups (broad SMARTS) is 1. The molecule has 0 saturated heterocycles. The predicted molar refractivity (Wildman–Crippen MR) is 80.0 cm³/mol. The van der Waals surface area contributed by atoms with Gasteiger partial charge in [0.2, 0.25) is 5.91 Å². The second kappa shape index (κ2) is 10.5. The maximum absolute atomic E-state index is 10.6. The van der Waals surface area contributed by atoms with Crippen LogP contribution in [-0.4, -0.2) is 35.9 Å².